The molecule has 2 aromatic heterocycles. The Morgan fingerprint density at radius 1 is 1.29 bits per heavy atom. The molecular formula is C15H18N4O2. The van der Waals surface area contributed by atoms with E-state index in [1.54, 1.807) is 42.7 Å². The van der Waals surface area contributed by atoms with Crippen molar-refractivity contribution in [3.05, 3.63) is 48.4 Å². The minimum absolute atomic E-state index is 0.255. The van der Waals surface area contributed by atoms with E-state index in [-0.39, 0.29) is 6.03 Å². The van der Waals surface area contributed by atoms with Gasteiger partial charge in [0.25, 0.3) is 0 Å². The van der Waals surface area contributed by atoms with Gasteiger partial charge in [-0.15, -0.1) is 0 Å². The van der Waals surface area contributed by atoms with Gasteiger partial charge in [-0.3, -0.25) is 9.88 Å². The number of aromatic nitrogens is 2. The summed E-state index contributed by atoms with van der Waals surface area (Å²) in [7, 11) is 1.60. The number of aryl methyl sites for hydroxylation is 1. The lowest BCUT2D eigenvalue weighted by atomic mass is 10.3. The maximum atomic E-state index is 12.4. The summed E-state index contributed by atoms with van der Waals surface area (Å²) in [6.07, 6.45) is 4.98. The molecule has 1 N–H and O–H groups in total. The van der Waals surface area contributed by atoms with Crippen LogP contribution < -0.4 is 10.2 Å². The number of hydrogen-bond donors (Lipinski definition) is 1. The van der Waals surface area contributed by atoms with Crippen molar-refractivity contribution in [1.82, 2.24) is 9.97 Å². The molecule has 0 aromatic carbocycles. The second kappa shape index (κ2) is 7.35. The maximum absolute atomic E-state index is 12.4. The van der Waals surface area contributed by atoms with Crippen molar-refractivity contribution in [3.63, 3.8) is 0 Å². The Hall–Kier alpha value is -2.47. The standard InChI is InChI=1S/C15H18N4O2/c1-12-3-4-14(17-11-12)19(9-10-21-2)15(20)18-13-5-7-16-8-6-13/h3-8,11H,9-10H2,1-2H3,(H,16,18,20). The number of rotatable bonds is 5. The Morgan fingerprint density at radius 2 is 2.05 bits per heavy atom. The second-order valence-electron chi connectivity index (χ2n) is 4.50. The zero-order valence-electron chi connectivity index (χ0n) is 12.1. The summed E-state index contributed by atoms with van der Waals surface area (Å²) in [6.45, 7) is 2.80. The van der Waals surface area contributed by atoms with Crippen molar-refractivity contribution in [2.24, 2.45) is 0 Å². The summed E-state index contributed by atoms with van der Waals surface area (Å²) in [5, 5.41) is 2.82. The second-order valence-corrected chi connectivity index (χ2v) is 4.50. The number of carbonyl (C=O) groups excluding carboxylic acids is 1. The van der Waals surface area contributed by atoms with Crippen LogP contribution in [0.3, 0.4) is 0 Å². The van der Waals surface area contributed by atoms with E-state index in [0.29, 0.717) is 24.7 Å². The fourth-order valence-electron chi connectivity index (χ4n) is 1.75. The predicted molar refractivity (Wildman–Crippen MR) is 81.5 cm³/mol. The number of hydrogen-bond acceptors (Lipinski definition) is 4. The van der Waals surface area contributed by atoms with Crippen LogP contribution in [0.25, 0.3) is 0 Å². The number of nitrogens with one attached hydrogen (secondary N) is 1. The third kappa shape index (κ3) is 4.25. The van der Waals surface area contributed by atoms with Crippen molar-refractivity contribution >= 4 is 17.5 Å². The quantitative estimate of drug-likeness (QED) is 0.917. The Kier molecular flexibility index (Phi) is 5.22. The molecule has 0 radical (unpaired) electrons. The topological polar surface area (TPSA) is 67.3 Å². The van der Waals surface area contributed by atoms with Gasteiger partial charge in [-0.05, 0) is 30.7 Å². The SMILES string of the molecule is COCCN(C(=O)Nc1ccncc1)c1ccc(C)cn1. The fourth-order valence-corrected chi connectivity index (χ4v) is 1.75. The molecule has 2 amide bonds. The van der Waals surface area contributed by atoms with Crippen LogP contribution in [-0.4, -0.2) is 36.3 Å². The Morgan fingerprint density at radius 3 is 2.67 bits per heavy atom. The number of ether oxygens (including phenoxy) is 1. The van der Waals surface area contributed by atoms with E-state index in [1.165, 1.54) is 0 Å². The Bertz CT molecular complexity index is 572. The molecule has 2 heterocycles. The molecule has 0 aliphatic rings. The van der Waals surface area contributed by atoms with Crippen molar-refractivity contribution in [2.75, 3.05) is 30.5 Å². The molecular weight excluding hydrogens is 268 g/mol. The minimum atomic E-state index is -0.255. The van der Waals surface area contributed by atoms with Gasteiger partial charge in [-0.25, -0.2) is 9.78 Å². The number of nitrogens with zero attached hydrogens (tertiary/aromatic N) is 3. The number of urea groups is 1. The average molecular weight is 286 g/mol. The molecule has 6 heteroatoms. The van der Waals surface area contributed by atoms with Gasteiger partial charge in [0.1, 0.15) is 5.82 Å². The van der Waals surface area contributed by atoms with Gasteiger partial charge in [-0.1, -0.05) is 6.07 Å². The third-order valence-electron chi connectivity index (χ3n) is 2.87. The van der Waals surface area contributed by atoms with E-state index in [9.17, 15) is 4.79 Å². The highest BCUT2D eigenvalue weighted by atomic mass is 16.5. The van der Waals surface area contributed by atoms with Crippen molar-refractivity contribution in [2.45, 2.75) is 6.92 Å². The first-order chi connectivity index (χ1) is 10.2. The summed E-state index contributed by atoms with van der Waals surface area (Å²) < 4.78 is 5.06. The zero-order valence-corrected chi connectivity index (χ0v) is 12.1. The van der Waals surface area contributed by atoms with Gasteiger partial charge < -0.3 is 10.1 Å². The molecule has 21 heavy (non-hydrogen) atoms. The summed E-state index contributed by atoms with van der Waals surface area (Å²) in [4.78, 5) is 22.2. The summed E-state index contributed by atoms with van der Waals surface area (Å²) in [5.41, 5.74) is 1.73. The van der Waals surface area contributed by atoms with Crippen LogP contribution >= 0.6 is 0 Å². The highest BCUT2D eigenvalue weighted by molar-refractivity contribution is 6.01. The van der Waals surface area contributed by atoms with Gasteiger partial charge in [0.2, 0.25) is 0 Å². The van der Waals surface area contributed by atoms with Crippen molar-refractivity contribution < 1.29 is 9.53 Å². The Labute approximate surface area is 123 Å². The van der Waals surface area contributed by atoms with Crippen molar-refractivity contribution in [1.29, 1.82) is 0 Å². The zero-order chi connectivity index (χ0) is 15.1. The van der Waals surface area contributed by atoms with E-state index >= 15 is 0 Å². The number of methoxy groups -OCH3 is 1. The smallest absolute Gasteiger partial charge is 0.327 e. The molecule has 0 spiro atoms. The molecule has 0 bridgehead atoms. The van der Waals surface area contributed by atoms with Crippen LogP contribution in [0, 0.1) is 6.92 Å². The molecule has 0 aliphatic carbocycles. The summed E-state index contributed by atoms with van der Waals surface area (Å²) in [6, 6.07) is 6.94. The number of amides is 2. The van der Waals surface area contributed by atoms with Crippen LogP contribution in [-0.2, 0) is 4.74 Å². The minimum Gasteiger partial charge on any atom is -0.383 e. The van der Waals surface area contributed by atoms with E-state index in [4.69, 9.17) is 4.74 Å². The summed E-state index contributed by atoms with van der Waals surface area (Å²) >= 11 is 0. The van der Waals surface area contributed by atoms with E-state index in [2.05, 4.69) is 15.3 Å². The van der Waals surface area contributed by atoms with E-state index < -0.39 is 0 Å². The van der Waals surface area contributed by atoms with Crippen LogP contribution in [0.5, 0.6) is 0 Å². The van der Waals surface area contributed by atoms with Gasteiger partial charge in [0.15, 0.2) is 0 Å². The van der Waals surface area contributed by atoms with E-state index in [1.807, 2.05) is 19.1 Å². The molecule has 2 aromatic rings. The van der Waals surface area contributed by atoms with Crippen LogP contribution in [0.15, 0.2) is 42.9 Å². The molecule has 0 aliphatic heterocycles. The van der Waals surface area contributed by atoms with Crippen LogP contribution in [0.4, 0.5) is 16.3 Å². The lowest BCUT2D eigenvalue weighted by Crippen LogP contribution is -2.38. The Balaban J connectivity index is 2.15. The molecule has 110 valence electrons. The third-order valence-corrected chi connectivity index (χ3v) is 2.87. The molecule has 0 fully saturated rings. The predicted octanol–water partition coefficient (Wildman–Crippen LogP) is 2.47. The highest BCUT2D eigenvalue weighted by Gasteiger charge is 2.16. The number of anilines is 2. The van der Waals surface area contributed by atoms with E-state index in [0.717, 1.165) is 5.56 Å². The van der Waals surface area contributed by atoms with Crippen LogP contribution in [0.1, 0.15) is 5.56 Å². The molecule has 0 atom stereocenters. The van der Waals surface area contributed by atoms with Gasteiger partial charge in [0.05, 0.1) is 13.2 Å². The van der Waals surface area contributed by atoms with Gasteiger partial charge >= 0.3 is 6.03 Å². The average Bonchev–Trinajstić information content (AvgIpc) is 2.50. The number of pyridine rings is 2. The van der Waals surface area contributed by atoms with Crippen molar-refractivity contribution in [3.8, 4) is 0 Å². The number of carbonyl (C=O) groups is 1. The van der Waals surface area contributed by atoms with Crippen LogP contribution in [0.2, 0.25) is 0 Å². The maximum Gasteiger partial charge on any atom is 0.327 e. The largest absolute Gasteiger partial charge is 0.383 e. The van der Waals surface area contributed by atoms with Gasteiger partial charge in [0, 0.05) is 31.4 Å². The summed E-state index contributed by atoms with van der Waals surface area (Å²) in [5.74, 6) is 0.587. The monoisotopic (exact) mass is 286 g/mol. The first-order valence-corrected chi connectivity index (χ1v) is 6.61. The first kappa shape index (κ1) is 14.9. The fraction of sp³-hybridized carbons (Fsp3) is 0.267. The van der Waals surface area contributed by atoms with Gasteiger partial charge in [-0.2, -0.15) is 0 Å². The lowest BCUT2D eigenvalue weighted by molar-refractivity contribution is 0.204. The molecule has 2 rings (SSSR count). The lowest BCUT2D eigenvalue weighted by Gasteiger charge is -2.22. The molecule has 0 saturated carbocycles. The first-order valence-electron chi connectivity index (χ1n) is 6.61. The molecule has 0 unspecified atom stereocenters. The molecule has 6 nitrogen and oxygen atoms in total. The normalized spacial score (nSPS) is 10.2. The molecule has 0 saturated heterocycles. The highest BCUT2D eigenvalue weighted by Crippen LogP contribution is 2.13.